The predicted octanol–water partition coefficient (Wildman–Crippen LogP) is 2.56. The number of hydrogen-bond donors (Lipinski definition) is 0. The smallest absolute Gasteiger partial charge is 0.235 e. The maximum atomic E-state index is 13.0. The van der Waals surface area contributed by atoms with Crippen molar-refractivity contribution in [3.63, 3.8) is 0 Å². The number of methoxy groups -OCH3 is 1. The third-order valence-corrected chi connectivity index (χ3v) is 2.08. The number of aliphatic imine (C=N–C) groups is 1. The molecule has 0 bridgehead atoms. The van der Waals surface area contributed by atoms with E-state index in [1.54, 1.807) is 18.2 Å². The van der Waals surface area contributed by atoms with Crippen LogP contribution in [0.5, 0.6) is 5.75 Å². The Morgan fingerprint density at radius 3 is 2.87 bits per heavy atom. The molecule has 0 fully saturated rings. The van der Waals surface area contributed by atoms with Crippen LogP contribution in [0.15, 0.2) is 23.2 Å². The molecule has 1 aromatic carbocycles. The SMILES string of the molecule is COc1ccc(C(C)F)cc1CN=C=O. The third-order valence-electron chi connectivity index (χ3n) is 2.08. The van der Waals surface area contributed by atoms with E-state index < -0.39 is 6.17 Å². The van der Waals surface area contributed by atoms with Crippen molar-refractivity contribution in [3.05, 3.63) is 29.3 Å². The van der Waals surface area contributed by atoms with E-state index in [1.165, 1.54) is 20.1 Å². The molecule has 1 atom stereocenters. The first-order valence-corrected chi connectivity index (χ1v) is 4.53. The van der Waals surface area contributed by atoms with E-state index in [-0.39, 0.29) is 6.54 Å². The summed E-state index contributed by atoms with van der Waals surface area (Å²) in [4.78, 5) is 13.4. The number of carbonyl (C=O) groups excluding carboxylic acids is 1. The largest absolute Gasteiger partial charge is 0.496 e. The average Bonchev–Trinajstić information content (AvgIpc) is 2.25. The van der Waals surface area contributed by atoms with Gasteiger partial charge in [0.2, 0.25) is 6.08 Å². The minimum atomic E-state index is -1.05. The molecule has 0 aromatic heterocycles. The van der Waals surface area contributed by atoms with Crippen LogP contribution in [0.3, 0.4) is 0 Å². The van der Waals surface area contributed by atoms with Crippen molar-refractivity contribution in [2.24, 2.45) is 4.99 Å². The van der Waals surface area contributed by atoms with Crippen LogP contribution in [-0.2, 0) is 11.3 Å². The summed E-state index contributed by atoms with van der Waals surface area (Å²) in [5.74, 6) is 0.596. The van der Waals surface area contributed by atoms with Gasteiger partial charge < -0.3 is 4.74 Å². The van der Waals surface area contributed by atoms with Crippen molar-refractivity contribution in [1.82, 2.24) is 0 Å². The Labute approximate surface area is 87.6 Å². The fraction of sp³-hybridized carbons (Fsp3) is 0.364. The topological polar surface area (TPSA) is 38.7 Å². The van der Waals surface area contributed by atoms with Crippen LogP contribution < -0.4 is 4.74 Å². The standard InChI is InChI=1S/C11H12FNO2/c1-8(12)9-3-4-11(15-2)10(5-9)6-13-7-14/h3-5,8H,6H2,1-2H3. The first-order valence-electron chi connectivity index (χ1n) is 4.53. The quantitative estimate of drug-likeness (QED) is 0.564. The van der Waals surface area contributed by atoms with Gasteiger partial charge in [0, 0.05) is 5.56 Å². The average molecular weight is 209 g/mol. The highest BCUT2D eigenvalue weighted by molar-refractivity contribution is 5.40. The number of halogens is 1. The lowest BCUT2D eigenvalue weighted by Crippen LogP contribution is -1.94. The molecule has 1 rings (SSSR count). The molecule has 0 aliphatic heterocycles. The number of nitrogens with zero attached hydrogens (tertiary/aromatic N) is 1. The van der Waals surface area contributed by atoms with E-state index in [2.05, 4.69) is 4.99 Å². The lowest BCUT2D eigenvalue weighted by atomic mass is 10.1. The first kappa shape index (κ1) is 11.4. The molecule has 0 aliphatic rings. The van der Waals surface area contributed by atoms with E-state index in [0.717, 1.165) is 0 Å². The Kier molecular flexibility index (Phi) is 4.01. The van der Waals surface area contributed by atoms with Crippen LogP contribution in [0, 0.1) is 0 Å². The Bertz CT molecular complexity index is 384. The lowest BCUT2D eigenvalue weighted by molar-refractivity contribution is 0.372. The van der Waals surface area contributed by atoms with Gasteiger partial charge in [0.15, 0.2) is 0 Å². The van der Waals surface area contributed by atoms with Gasteiger partial charge in [-0.15, -0.1) is 0 Å². The molecule has 0 saturated heterocycles. The highest BCUT2D eigenvalue weighted by Crippen LogP contribution is 2.25. The van der Waals surface area contributed by atoms with Crippen molar-refractivity contribution in [3.8, 4) is 5.75 Å². The fourth-order valence-corrected chi connectivity index (χ4v) is 1.29. The first-order chi connectivity index (χ1) is 7.19. The number of alkyl halides is 1. The Hall–Kier alpha value is -1.67. The number of ether oxygens (including phenoxy) is 1. The van der Waals surface area contributed by atoms with Gasteiger partial charge in [0.25, 0.3) is 0 Å². The van der Waals surface area contributed by atoms with E-state index in [1.807, 2.05) is 0 Å². The summed E-state index contributed by atoms with van der Waals surface area (Å²) in [6, 6.07) is 4.96. The van der Waals surface area contributed by atoms with E-state index in [0.29, 0.717) is 16.9 Å². The molecule has 1 aromatic rings. The molecule has 0 saturated carbocycles. The second-order valence-corrected chi connectivity index (χ2v) is 3.09. The minimum absolute atomic E-state index is 0.160. The normalized spacial score (nSPS) is 11.7. The molecule has 1 unspecified atom stereocenters. The van der Waals surface area contributed by atoms with E-state index in [4.69, 9.17) is 4.74 Å². The van der Waals surface area contributed by atoms with Crippen molar-refractivity contribution in [2.45, 2.75) is 19.6 Å². The van der Waals surface area contributed by atoms with Crippen molar-refractivity contribution in [2.75, 3.05) is 7.11 Å². The minimum Gasteiger partial charge on any atom is -0.496 e. The van der Waals surface area contributed by atoms with Crippen molar-refractivity contribution >= 4 is 6.08 Å². The van der Waals surface area contributed by atoms with Gasteiger partial charge in [0.05, 0.1) is 13.7 Å². The highest BCUT2D eigenvalue weighted by atomic mass is 19.1. The highest BCUT2D eigenvalue weighted by Gasteiger charge is 2.08. The second-order valence-electron chi connectivity index (χ2n) is 3.09. The lowest BCUT2D eigenvalue weighted by Gasteiger charge is -2.09. The molecule has 0 spiro atoms. The number of rotatable bonds is 4. The maximum absolute atomic E-state index is 13.0. The number of benzene rings is 1. The summed E-state index contributed by atoms with van der Waals surface area (Å²) in [5.41, 5.74) is 1.23. The van der Waals surface area contributed by atoms with Gasteiger partial charge in [0.1, 0.15) is 11.9 Å². The van der Waals surface area contributed by atoms with Crippen LogP contribution in [0.2, 0.25) is 0 Å². The molecular formula is C11H12FNO2. The molecule has 4 heteroatoms. The summed E-state index contributed by atoms with van der Waals surface area (Å²) in [7, 11) is 1.52. The number of isocyanates is 1. The molecule has 0 amide bonds. The van der Waals surface area contributed by atoms with Gasteiger partial charge in [-0.2, -0.15) is 0 Å². The van der Waals surface area contributed by atoms with Crippen molar-refractivity contribution < 1.29 is 13.9 Å². The molecule has 80 valence electrons. The fourth-order valence-electron chi connectivity index (χ4n) is 1.29. The van der Waals surface area contributed by atoms with Gasteiger partial charge in [-0.05, 0) is 24.6 Å². The summed E-state index contributed by atoms with van der Waals surface area (Å²) in [5, 5.41) is 0. The molecule has 0 aliphatic carbocycles. The van der Waals surface area contributed by atoms with E-state index >= 15 is 0 Å². The zero-order chi connectivity index (χ0) is 11.3. The summed E-state index contributed by atoms with van der Waals surface area (Å²) >= 11 is 0. The molecule has 0 radical (unpaired) electrons. The van der Waals surface area contributed by atoms with E-state index in [9.17, 15) is 9.18 Å². The van der Waals surface area contributed by atoms with Crippen molar-refractivity contribution in [1.29, 1.82) is 0 Å². The maximum Gasteiger partial charge on any atom is 0.235 e. The third kappa shape index (κ3) is 2.89. The molecule has 3 nitrogen and oxygen atoms in total. The van der Waals surface area contributed by atoms with Crippen LogP contribution >= 0.6 is 0 Å². The summed E-state index contributed by atoms with van der Waals surface area (Å²) in [6.07, 6.45) is 0.395. The summed E-state index contributed by atoms with van der Waals surface area (Å²) < 4.78 is 18.1. The van der Waals surface area contributed by atoms with Gasteiger partial charge in [-0.3, -0.25) is 0 Å². The van der Waals surface area contributed by atoms with Crippen LogP contribution in [0.1, 0.15) is 24.2 Å². The molecular weight excluding hydrogens is 197 g/mol. The molecule has 0 heterocycles. The molecule has 0 N–H and O–H groups in total. The monoisotopic (exact) mass is 209 g/mol. The molecule has 15 heavy (non-hydrogen) atoms. The Morgan fingerprint density at radius 1 is 1.60 bits per heavy atom. The zero-order valence-corrected chi connectivity index (χ0v) is 8.66. The van der Waals surface area contributed by atoms with Crippen LogP contribution in [0.25, 0.3) is 0 Å². The zero-order valence-electron chi connectivity index (χ0n) is 8.66. The van der Waals surface area contributed by atoms with Crippen LogP contribution in [0.4, 0.5) is 4.39 Å². The second kappa shape index (κ2) is 5.27. The predicted molar refractivity (Wildman–Crippen MR) is 54.3 cm³/mol. The Balaban J connectivity index is 3.06. The number of hydrogen-bond acceptors (Lipinski definition) is 3. The van der Waals surface area contributed by atoms with Gasteiger partial charge in [-0.25, -0.2) is 14.2 Å². The Morgan fingerprint density at radius 2 is 2.33 bits per heavy atom. The summed E-state index contributed by atoms with van der Waals surface area (Å²) in [6.45, 7) is 1.61. The van der Waals surface area contributed by atoms with Crippen LogP contribution in [-0.4, -0.2) is 13.2 Å². The van der Waals surface area contributed by atoms with Gasteiger partial charge >= 0.3 is 0 Å². The van der Waals surface area contributed by atoms with Gasteiger partial charge in [-0.1, -0.05) is 6.07 Å².